The number of hydrogen-bond acceptors (Lipinski definition) is 7. The molecule has 0 unspecified atom stereocenters. The molecule has 112 valence electrons. The molecule has 0 radical (unpaired) electrons. The number of rotatable bonds is 3. The highest BCUT2D eigenvalue weighted by Crippen LogP contribution is 2.01. The number of nitrogens with zero attached hydrogens (tertiary/aromatic N) is 6. The molecule has 0 saturated carbocycles. The molecule has 21 heavy (non-hydrogen) atoms. The van der Waals surface area contributed by atoms with E-state index >= 15 is 0 Å². The molecule has 0 aliphatic carbocycles. The Labute approximate surface area is 118 Å². The predicted octanol–water partition coefficient (Wildman–Crippen LogP) is -2.66. The average molecular weight is 293 g/mol. The standard InChI is InChI=1S/C11H15N7O3/c1-16(7(19)4-12)5-6-13-8-9(15-14-6)17(2)11(21)18(3)10(8)20/h4-5,12H2,1-3H3. The summed E-state index contributed by atoms with van der Waals surface area (Å²) in [4.78, 5) is 40.6. The van der Waals surface area contributed by atoms with E-state index in [4.69, 9.17) is 5.73 Å². The van der Waals surface area contributed by atoms with Crippen molar-refractivity contribution in [2.75, 3.05) is 13.6 Å². The summed E-state index contributed by atoms with van der Waals surface area (Å²) in [5, 5.41) is 7.68. The third kappa shape index (κ3) is 2.52. The van der Waals surface area contributed by atoms with Crippen LogP contribution >= 0.6 is 0 Å². The summed E-state index contributed by atoms with van der Waals surface area (Å²) in [6.45, 7) is -0.0568. The zero-order chi connectivity index (χ0) is 15.7. The SMILES string of the molecule is CN(Cc1nnc2c(n1)c(=O)n(C)c(=O)n2C)C(=O)CN. The quantitative estimate of drug-likeness (QED) is 0.653. The second kappa shape index (κ2) is 5.40. The molecule has 10 nitrogen and oxygen atoms in total. The van der Waals surface area contributed by atoms with E-state index in [-0.39, 0.29) is 36.0 Å². The first-order valence-electron chi connectivity index (χ1n) is 6.10. The van der Waals surface area contributed by atoms with Gasteiger partial charge in [-0.2, -0.15) is 0 Å². The summed E-state index contributed by atoms with van der Waals surface area (Å²) in [6, 6.07) is 0. The first-order chi connectivity index (χ1) is 9.86. The van der Waals surface area contributed by atoms with Gasteiger partial charge >= 0.3 is 5.69 Å². The molecule has 0 atom stereocenters. The van der Waals surface area contributed by atoms with Gasteiger partial charge in [0.15, 0.2) is 17.0 Å². The molecule has 2 heterocycles. The van der Waals surface area contributed by atoms with Crippen molar-refractivity contribution in [1.29, 1.82) is 0 Å². The summed E-state index contributed by atoms with van der Waals surface area (Å²) in [7, 11) is 4.38. The maximum atomic E-state index is 12.0. The monoisotopic (exact) mass is 293 g/mol. The fraction of sp³-hybridized carbons (Fsp3) is 0.455. The molecule has 0 spiro atoms. The maximum absolute atomic E-state index is 12.0. The van der Waals surface area contributed by atoms with E-state index in [1.807, 2.05) is 0 Å². The Morgan fingerprint density at radius 3 is 2.52 bits per heavy atom. The molecule has 0 fully saturated rings. The van der Waals surface area contributed by atoms with Crippen LogP contribution in [0.2, 0.25) is 0 Å². The minimum absolute atomic E-state index is 0.0261. The highest BCUT2D eigenvalue weighted by molar-refractivity contribution is 5.77. The van der Waals surface area contributed by atoms with Crippen molar-refractivity contribution in [3.63, 3.8) is 0 Å². The molecule has 2 rings (SSSR count). The van der Waals surface area contributed by atoms with Crippen LogP contribution in [0.3, 0.4) is 0 Å². The van der Waals surface area contributed by atoms with Crippen LogP contribution in [-0.2, 0) is 25.4 Å². The fourth-order valence-electron chi connectivity index (χ4n) is 1.81. The molecular formula is C11H15N7O3. The van der Waals surface area contributed by atoms with Gasteiger partial charge in [0.25, 0.3) is 5.56 Å². The van der Waals surface area contributed by atoms with Crippen molar-refractivity contribution in [3.05, 3.63) is 26.7 Å². The number of likely N-dealkylation sites (N-methyl/N-ethyl adjacent to an activating group) is 1. The van der Waals surface area contributed by atoms with Crippen LogP contribution in [0.1, 0.15) is 5.82 Å². The van der Waals surface area contributed by atoms with E-state index in [0.29, 0.717) is 0 Å². The predicted molar refractivity (Wildman–Crippen MR) is 73.3 cm³/mol. The van der Waals surface area contributed by atoms with Gasteiger partial charge in [-0.3, -0.25) is 18.7 Å². The number of aromatic nitrogens is 5. The van der Waals surface area contributed by atoms with E-state index in [0.717, 1.165) is 4.57 Å². The number of carbonyl (C=O) groups is 1. The van der Waals surface area contributed by atoms with Gasteiger partial charge in [-0.05, 0) is 0 Å². The lowest BCUT2D eigenvalue weighted by Crippen LogP contribution is -2.38. The van der Waals surface area contributed by atoms with Crippen LogP contribution in [0.15, 0.2) is 9.59 Å². The Morgan fingerprint density at radius 2 is 1.90 bits per heavy atom. The number of aryl methyl sites for hydroxylation is 1. The zero-order valence-corrected chi connectivity index (χ0v) is 11.9. The van der Waals surface area contributed by atoms with E-state index in [1.54, 1.807) is 7.05 Å². The van der Waals surface area contributed by atoms with Crippen LogP contribution in [0.25, 0.3) is 11.2 Å². The van der Waals surface area contributed by atoms with Gasteiger partial charge in [0.05, 0.1) is 13.1 Å². The highest BCUT2D eigenvalue weighted by Gasteiger charge is 2.14. The van der Waals surface area contributed by atoms with Gasteiger partial charge in [-0.25, -0.2) is 9.78 Å². The normalized spacial score (nSPS) is 10.9. The Kier molecular flexibility index (Phi) is 3.80. The summed E-state index contributed by atoms with van der Waals surface area (Å²) >= 11 is 0. The van der Waals surface area contributed by atoms with Gasteiger partial charge in [-0.1, -0.05) is 0 Å². The Balaban J connectivity index is 2.55. The van der Waals surface area contributed by atoms with Crippen LogP contribution in [0.5, 0.6) is 0 Å². The molecular weight excluding hydrogens is 278 g/mol. The molecule has 0 saturated heterocycles. The molecule has 0 aromatic carbocycles. The van der Waals surface area contributed by atoms with Crippen LogP contribution < -0.4 is 17.0 Å². The topological polar surface area (TPSA) is 129 Å². The molecule has 10 heteroatoms. The number of nitrogens with two attached hydrogens (primary N) is 1. The fourth-order valence-corrected chi connectivity index (χ4v) is 1.81. The Hall–Kier alpha value is -2.62. The smallest absolute Gasteiger partial charge is 0.332 e. The second-order valence-electron chi connectivity index (χ2n) is 4.56. The molecule has 0 aliphatic heterocycles. The number of fused-ring (bicyclic) bond motifs is 1. The highest BCUT2D eigenvalue weighted by atomic mass is 16.2. The first-order valence-corrected chi connectivity index (χ1v) is 6.10. The second-order valence-corrected chi connectivity index (χ2v) is 4.56. The molecule has 0 aliphatic rings. The summed E-state index contributed by atoms with van der Waals surface area (Å²) in [5.74, 6) is -0.0883. The van der Waals surface area contributed by atoms with E-state index < -0.39 is 11.2 Å². The first kappa shape index (κ1) is 14.8. The van der Waals surface area contributed by atoms with Gasteiger partial charge in [0.2, 0.25) is 5.91 Å². The molecule has 1 amide bonds. The average Bonchev–Trinajstić information content (AvgIpc) is 2.49. The van der Waals surface area contributed by atoms with Gasteiger partial charge in [0.1, 0.15) is 0 Å². The lowest BCUT2D eigenvalue weighted by atomic mass is 10.4. The minimum Gasteiger partial charge on any atom is -0.337 e. The van der Waals surface area contributed by atoms with E-state index in [2.05, 4.69) is 15.2 Å². The van der Waals surface area contributed by atoms with Crippen molar-refractivity contribution in [3.8, 4) is 0 Å². The van der Waals surface area contributed by atoms with Crippen LogP contribution in [-0.4, -0.2) is 48.7 Å². The zero-order valence-electron chi connectivity index (χ0n) is 11.9. The third-order valence-corrected chi connectivity index (χ3v) is 3.09. The summed E-state index contributed by atoms with van der Waals surface area (Å²) in [6.07, 6.45) is 0. The Bertz CT molecular complexity index is 823. The molecule has 2 aromatic heterocycles. The number of amides is 1. The number of carbonyl (C=O) groups excluding carboxylic acids is 1. The molecule has 2 N–H and O–H groups in total. The van der Waals surface area contributed by atoms with Crippen LogP contribution in [0, 0.1) is 0 Å². The van der Waals surface area contributed by atoms with Crippen molar-refractivity contribution >= 4 is 17.1 Å². The maximum Gasteiger partial charge on any atom is 0.332 e. The van der Waals surface area contributed by atoms with Crippen molar-refractivity contribution in [2.24, 2.45) is 19.8 Å². The molecule has 0 bridgehead atoms. The summed E-state index contributed by atoms with van der Waals surface area (Å²) < 4.78 is 2.13. The van der Waals surface area contributed by atoms with E-state index in [1.165, 1.54) is 23.6 Å². The van der Waals surface area contributed by atoms with Gasteiger partial charge < -0.3 is 10.6 Å². The third-order valence-electron chi connectivity index (χ3n) is 3.09. The lowest BCUT2D eigenvalue weighted by molar-refractivity contribution is -0.129. The number of hydrogen-bond donors (Lipinski definition) is 1. The minimum atomic E-state index is -0.558. The molecule has 2 aromatic rings. The Morgan fingerprint density at radius 1 is 1.24 bits per heavy atom. The largest absolute Gasteiger partial charge is 0.337 e. The van der Waals surface area contributed by atoms with Gasteiger partial charge in [-0.15, -0.1) is 10.2 Å². The van der Waals surface area contributed by atoms with Crippen LogP contribution in [0.4, 0.5) is 0 Å². The lowest BCUT2D eigenvalue weighted by Gasteiger charge is -2.14. The van der Waals surface area contributed by atoms with Crippen molar-refractivity contribution in [1.82, 2.24) is 29.2 Å². The van der Waals surface area contributed by atoms with E-state index in [9.17, 15) is 14.4 Å². The van der Waals surface area contributed by atoms with Crippen molar-refractivity contribution < 1.29 is 4.79 Å². The van der Waals surface area contributed by atoms with Gasteiger partial charge in [0, 0.05) is 21.1 Å². The summed E-state index contributed by atoms with van der Waals surface area (Å²) in [5.41, 5.74) is 4.32. The van der Waals surface area contributed by atoms with Crippen molar-refractivity contribution in [2.45, 2.75) is 6.54 Å².